The summed E-state index contributed by atoms with van der Waals surface area (Å²) in [6, 6.07) is -1.34. The van der Waals surface area contributed by atoms with Crippen LogP contribution in [-0.4, -0.2) is 45.9 Å². The predicted molar refractivity (Wildman–Crippen MR) is 103 cm³/mol. The second-order valence-corrected chi connectivity index (χ2v) is 9.16. The fourth-order valence-electron chi connectivity index (χ4n) is 1.91. The van der Waals surface area contributed by atoms with Gasteiger partial charge >= 0.3 is 18.2 Å². The van der Waals surface area contributed by atoms with Crippen molar-refractivity contribution in [2.45, 2.75) is 98.0 Å². The van der Waals surface area contributed by atoms with Crippen molar-refractivity contribution in [2.24, 2.45) is 0 Å². The van der Waals surface area contributed by atoms with Gasteiger partial charge in [0.25, 0.3) is 0 Å². The van der Waals surface area contributed by atoms with Gasteiger partial charge in [0, 0.05) is 0 Å². The summed E-state index contributed by atoms with van der Waals surface area (Å²) < 4.78 is 30.4. The van der Waals surface area contributed by atoms with Crippen molar-refractivity contribution in [2.75, 3.05) is 0 Å². The smallest absolute Gasteiger partial charge is 0.420 e. The number of ether oxygens (including phenoxy) is 3. The van der Waals surface area contributed by atoms with Gasteiger partial charge in [-0.15, -0.1) is 6.53 Å². The van der Waals surface area contributed by atoms with Gasteiger partial charge in [0.05, 0.1) is 2.74 Å². The zero-order valence-corrected chi connectivity index (χ0v) is 18.0. The number of carbonyl (C=O) groups excluding carboxylic acids is 3. The molecule has 156 valence electrons. The number of allylic oxidation sites excluding steroid dienone is 1. The third-order valence-electron chi connectivity index (χ3n) is 2.76. The summed E-state index contributed by atoms with van der Waals surface area (Å²) >= 11 is 0. The summed E-state index contributed by atoms with van der Waals surface area (Å²) in [5.74, 6) is -0.806. The number of rotatable bonds is 5. The molecule has 0 aromatic rings. The zero-order chi connectivity index (χ0) is 23.2. The topological polar surface area (TPSA) is 82.1 Å². The van der Waals surface area contributed by atoms with E-state index in [2.05, 4.69) is 0 Å². The van der Waals surface area contributed by atoms with E-state index >= 15 is 0 Å². The SMILES string of the molecule is [2H][13C]([2H])=CCC[C@@H](C(=O)OC(C)(C)C)N(C(=O)OC(C)(C)C)C(=O)OC(C)(C)C. The molecule has 0 N–H and O–H groups in total. The summed E-state index contributed by atoms with van der Waals surface area (Å²) in [6.07, 6.45) is -0.755. The summed E-state index contributed by atoms with van der Waals surface area (Å²) in [6.45, 7) is 14.4. The molecule has 0 unspecified atom stereocenters. The zero-order valence-electron chi connectivity index (χ0n) is 20.0. The molecule has 0 spiro atoms. The van der Waals surface area contributed by atoms with Crippen LogP contribution < -0.4 is 0 Å². The monoisotopic (exact) mass is 388 g/mol. The Labute approximate surface area is 165 Å². The Morgan fingerprint density at radius 2 is 1.30 bits per heavy atom. The average molecular weight is 389 g/mol. The molecule has 0 saturated heterocycles. The predicted octanol–water partition coefficient (Wildman–Crippen LogP) is 4.84. The Balaban J connectivity index is 6.06. The van der Waals surface area contributed by atoms with Crippen molar-refractivity contribution in [1.29, 1.82) is 0 Å². The first-order valence-corrected chi connectivity index (χ1v) is 8.94. The highest BCUT2D eigenvalue weighted by molar-refractivity contribution is 5.94. The highest BCUT2D eigenvalue weighted by Crippen LogP contribution is 2.21. The summed E-state index contributed by atoms with van der Waals surface area (Å²) in [7, 11) is 0. The molecular formula is C20H35NO6. The molecule has 0 aliphatic heterocycles. The maximum absolute atomic E-state index is 12.8. The first-order valence-electron chi connectivity index (χ1n) is 9.94. The lowest BCUT2D eigenvalue weighted by molar-refractivity contribution is -0.161. The third-order valence-corrected chi connectivity index (χ3v) is 2.76. The van der Waals surface area contributed by atoms with Gasteiger partial charge in [-0.25, -0.2) is 14.4 Å². The number of nitrogens with zero attached hydrogens (tertiary/aromatic N) is 1. The van der Waals surface area contributed by atoms with E-state index in [1.165, 1.54) is 6.08 Å². The van der Waals surface area contributed by atoms with Gasteiger partial charge < -0.3 is 14.2 Å². The number of amides is 2. The molecule has 7 heteroatoms. The van der Waals surface area contributed by atoms with Crippen LogP contribution in [0.5, 0.6) is 0 Å². The number of hydrogen-bond donors (Lipinski definition) is 0. The molecule has 0 aromatic carbocycles. The lowest BCUT2D eigenvalue weighted by Crippen LogP contribution is -2.53. The number of imide groups is 1. The molecule has 0 aromatic heterocycles. The quantitative estimate of drug-likeness (QED) is 0.290. The van der Waals surface area contributed by atoms with Crippen molar-refractivity contribution in [1.82, 2.24) is 4.90 Å². The lowest BCUT2D eigenvalue weighted by atomic mass is 10.1. The van der Waals surface area contributed by atoms with Gasteiger partial charge in [0.2, 0.25) is 0 Å². The highest BCUT2D eigenvalue weighted by atomic mass is 16.6. The van der Waals surface area contributed by atoms with E-state index in [4.69, 9.17) is 17.0 Å². The van der Waals surface area contributed by atoms with Crippen LogP contribution in [-0.2, 0) is 19.0 Å². The summed E-state index contributed by atoms with van der Waals surface area (Å²) in [5, 5.41) is 0. The molecule has 27 heavy (non-hydrogen) atoms. The molecule has 0 bridgehead atoms. The van der Waals surface area contributed by atoms with Crippen molar-refractivity contribution in [3.05, 3.63) is 12.6 Å². The first kappa shape index (κ1) is 21.3. The van der Waals surface area contributed by atoms with E-state index < -0.39 is 47.5 Å². The molecule has 0 fully saturated rings. The Kier molecular flexibility index (Phi) is 7.27. The molecule has 0 aliphatic rings. The highest BCUT2D eigenvalue weighted by Gasteiger charge is 2.41. The van der Waals surface area contributed by atoms with Crippen LogP contribution in [0.25, 0.3) is 0 Å². The van der Waals surface area contributed by atoms with Gasteiger partial charge in [-0.05, 0) is 75.2 Å². The van der Waals surface area contributed by atoms with Crippen LogP contribution in [0.15, 0.2) is 12.6 Å². The largest absolute Gasteiger partial charge is 0.458 e. The van der Waals surface area contributed by atoms with Crippen molar-refractivity contribution in [3.63, 3.8) is 0 Å². The van der Waals surface area contributed by atoms with Crippen molar-refractivity contribution < 1.29 is 31.3 Å². The minimum absolute atomic E-state index is 0.0470. The molecule has 2 amide bonds. The minimum Gasteiger partial charge on any atom is -0.458 e. The fourth-order valence-corrected chi connectivity index (χ4v) is 1.91. The first-order chi connectivity index (χ1) is 12.8. The van der Waals surface area contributed by atoms with Crippen molar-refractivity contribution >= 4 is 18.2 Å². The van der Waals surface area contributed by atoms with Crippen LogP contribution in [0.4, 0.5) is 9.59 Å². The van der Waals surface area contributed by atoms with Crippen LogP contribution in [0.2, 0.25) is 0 Å². The van der Waals surface area contributed by atoms with E-state index in [9.17, 15) is 14.4 Å². The molecule has 1 atom stereocenters. The lowest BCUT2D eigenvalue weighted by Gasteiger charge is -2.33. The molecule has 0 rings (SSSR count). The van der Waals surface area contributed by atoms with Gasteiger partial charge in [0.15, 0.2) is 0 Å². The molecule has 0 heterocycles. The molecule has 0 radical (unpaired) electrons. The minimum atomic E-state index is -1.34. The second-order valence-electron chi connectivity index (χ2n) is 9.16. The van der Waals surface area contributed by atoms with E-state index in [1.807, 2.05) is 0 Å². The molecular weight excluding hydrogens is 351 g/mol. The van der Waals surface area contributed by atoms with Crippen molar-refractivity contribution in [3.8, 4) is 0 Å². The van der Waals surface area contributed by atoms with E-state index in [0.29, 0.717) is 4.90 Å². The molecule has 0 saturated carbocycles. The number of hydrogen-bond acceptors (Lipinski definition) is 6. The standard InChI is InChI=1S/C20H35NO6/c1-11-12-13-14(15(22)25-18(2,3)4)21(16(23)26-19(5,6)7)17(24)27-20(8,9)10/h11,14H,1,12-13H2,2-10H3/t14-/m0/s1/i1+1D2. The van der Waals surface area contributed by atoms with E-state index in [1.54, 1.807) is 62.3 Å². The molecule has 0 aliphatic carbocycles. The van der Waals surface area contributed by atoms with Gasteiger partial charge in [-0.2, -0.15) is 4.90 Å². The third kappa shape index (κ3) is 10.6. The maximum Gasteiger partial charge on any atom is 0.420 e. The van der Waals surface area contributed by atoms with Gasteiger partial charge in [-0.3, -0.25) is 0 Å². The normalized spacial score (nSPS) is 14.3. The number of esters is 1. The van der Waals surface area contributed by atoms with Crippen LogP contribution in [0.3, 0.4) is 0 Å². The Morgan fingerprint density at radius 3 is 1.63 bits per heavy atom. The summed E-state index contributed by atoms with van der Waals surface area (Å²) in [5.41, 5.74) is -2.68. The Hall–Kier alpha value is -2.05. The second kappa shape index (κ2) is 9.24. The van der Waals surface area contributed by atoms with Gasteiger partial charge in [0.1, 0.15) is 22.8 Å². The molecule has 7 nitrogen and oxygen atoms in total. The number of carbonyl (C=O) groups is 3. The maximum atomic E-state index is 12.8. The average Bonchev–Trinajstić information content (AvgIpc) is 2.39. The van der Waals surface area contributed by atoms with Crippen LogP contribution in [0.1, 0.15) is 77.9 Å². The Morgan fingerprint density at radius 1 is 0.889 bits per heavy atom. The van der Waals surface area contributed by atoms with E-state index in [-0.39, 0.29) is 12.8 Å². The van der Waals surface area contributed by atoms with Gasteiger partial charge in [-0.1, -0.05) is 6.08 Å². The summed E-state index contributed by atoms with van der Waals surface area (Å²) in [4.78, 5) is 39.0. The van der Waals surface area contributed by atoms with Crippen LogP contribution >= 0.6 is 0 Å². The fraction of sp³-hybridized carbons (Fsp3) is 0.750. The van der Waals surface area contributed by atoms with Crippen LogP contribution in [0, 0.1) is 0 Å². The van der Waals surface area contributed by atoms with E-state index in [0.717, 1.165) is 0 Å². The Bertz CT molecular complexity index is 594.